The van der Waals surface area contributed by atoms with Crippen molar-refractivity contribution in [2.45, 2.75) is 32.9 Å². The summed E-state index contributed by atoms with van der Waals surface area (Å²) in [6.07, 6.45) is 1.18. The smallest absolute Gasteiger partial charge is 0.160 e. The van der Waals surface area contributed by atoms with Crippen molar-refractivity contribution in [2.75, 3.05) is 27.7 Å². The standard InChI is InChI=1S/C16H28N2O2/c1-12(2)8-14(18(3)4)11-17-10-13-6-7-15(19)16(9-13)20-5/h6-7,9,12,14,17,19H,8,10-11H2,1-5H3. The van der Waals surface area contributed by atoms with Crippen molar-refractivity contribution in [3.63, 3.8) is 0 Å². The molecule has 0 saturated heterocycles. The highest BCUT2D eigenvalue weighted by atomic mass is 16.5. The largest absolute Gasteiger partial charge is 0.504 e. The fraction of sp³-hybridized carbons (Fsp3) is 0.625. The molecule has 0 spiro atoms. The molecule has 20 heavy (non-hydrogen) atoms. The van der Waals surface area contributed by atoms with Crippen LogP contribution in [-0.2, 0) is 6.54 Å². The first kappa shape index (κ1) is 16.8. The van der Waals surface area contributed by atoms with E-state index in [1.807, 2.05) is 12.1 Å². The quantitative estimate of drug-likeness (QED) is 0.768. The van der Waals surface area contributed by atoms with Crippen molar-refractivity contribution in [1.29, 1.82) is 0 Å². The number of hydrogen-bond donors (Lipinski definition) is 2. The van der Waals surface area contributed by atoms with Gasteiger partial charge in [-0.25, -0.2) is 0 Å². The van der Waals surface area contributed by atoms with Crippen LogP contribution in [0.3, 0.4) is 0 Å². The molecule has 1 rings (SSSR count). The minimum absolute atomic E-state index is 0.183. The van der Waals surface area contributed by atoms with Crippen LogP contribution < -0.4 is 10.1 Å². The van der Waals surface area contributed by atoms with Gasteiger partial charge in [-0.05, 0) is 44.1 Å². The van der Waals surface area contributed by atoms with E-state index in [4.69, 9.17) is 4.74 Å². The lowest BCUT2D eigenvalue weighted by atomic mass is 10.0. The van der Waals surface area contributed by atoms with E-state index in [2.05, 4.69) is 38.2 Å². The van der Waals surface area contributed by atoms with Crippen molar-refractivity contribution in [3.8, 4) is 11.5 Å². The van der Waals surface area contributed by atoms with Crippen molar-refractivity contribution in [2.24, 2.45) is 5.92 Å². The predicted molar refractivity (Wildman–Crippen MR) is 83.3 cm³/mol. The molecule has 4 nitrogen and oxygen atoms in total. The van der Waals surface area contributed by atoms with Gasteiger partial charge in [0.1, 0.15) is 0 Å². The Balaban J connectivity index is 2.50. The van der Waals surface area contributed by atoms with Gasteiger partial charge in [-0.15, -0.1) is 0 Å². The lowest BCUT2D eigenvalue weighted by molar-refractivity contribution is 0.246. The lowest BCUT2D eigenvalue weighted by Gasteiger charge is -2.26. The second-order valence-corrected chi connectivity index (χ2v) is 5.88. The molecule has 1 atom stereocenters. The lowest BCUT2D eigenvalue weighted by Crippen LogP contribution is -2.38. The SMILES string of the molecule is COc1cc(CNCC(CC(C)C)N(C)C)ccc1O. The van der Waals surface area contributed by atoms with Crippen LogP contribution in [0.1, 0.15) is 25.8 Å². The molecular weight excluding hydrogens is 252 g/mol. The van der Waals surface area contributed by atoms with Crippen LogP contribution in [0, 0.1) is 5.92 Å². The van der Waals surface area contributed by atoms with Crippen molar-refractivity contribution in [1.82, 2.24) is 10.2 Å². The van der Waals surface area contributed by atoms with Gasteiger partial charge in [-0.2, -0.15) is 0 Å². The Hall–Kier alpha value is -1.26. The number of nitrogens with zero attached hydrogens (tertiary/aromatic N) is 1. The van der Waals surface area contributed by atoms with E-state index in [9.17, 15) is 5.11 Å². The number of likely N-dealkylation sites (N-methyl/N-ethyl adjacent to an activating group) is 1. The van der Waals surface area contributed by atoms with Crippen LogP contribution >= 0.6 is 0 Å². The third-order valence-electron chi connectivity index (χ3n) is 3.43. The molecule has 0 radical (unpaired) electrons. The maximum Gasteiger partial charge on any atom is 0.160 e. The first-order valence-corrected chi connectivity index (χ1v) is 7.17. The van der Waals surface area contributed by atoms with E-state index in [0.717, 1.165) is 18.7 Å². The molecule has 114 valence electrons. The zero-order chi connectivity index (χ0) is 15.1. The second kappa shape index (κ2) is 8.12. The Kier molecular flexibility index (Phi) is 6.82. The van der Waals surface area contributed by atoms with Gasteiger partial charge in [0.2, 0.25) is 0 Å². The topological polar surface area (TPSA) is 44.7 Å². The monoisotopic (exact) mass is 280 g/mol. The van der Waals surface area contributed by atoms with Gasteiger partial charge in [0.05, 0.1) is 7.11 Å². The van der Waals surface area contributed by atoms with Crippen molar-refractivity contribution < 1.29 is 9.84 Å². The summed E-state index contributed by atoms with van der Waals surface area (Å²) in [6, 6.07) is 6.00. The molecule has 2 N–H and O–H groups in total. The molecule has 4 heteroatoms. The number of methoxy groups -OCH3 is 1. The Morgan fingerprint density at radius 1 is 1.30 bits per heavy atom. The molecule has 0 heterocycles. The maximum absolute atomic E-state index is 9.57. The highest BCUT2D eigenvalue weighted by Crippen LogP contribution is 2.26. The number of rotatable bonds is 8. The Morgan fingerprint density at radius 2 is 2.00 bits per heavy atom. The predicted octanol–water partition coefficient (Wildman–Crippen LogP) is 2.47. The molecule has 1 unspecified atom stereocenters. The second-order valence-electron chi connectivity index (χ2n) is 5.88. The fourth-order valence-electron chi connectivity index (χ4n) is 2.24. The molecule has 0 aliphatic heterocycles. The highest BCUT2D eigenvalue weighted by Gasteiger charge is 2.12. The third kappa shape index (κ3) is 5.39. The van der Waals surface area contributed by atoms with E-state index in [-0.39, 0.29) is 5.75 Å². The molecule has 0 bridgehead atoms. The molecule has 0 aliphatic carbocycles. The minimum Gasteiger partial charge on any atom is -0.504 e. The molecule has 0 saturated carbocycles. The summed E-state index contributed by atoms with van der Waals surface area (Å²) in [4.78, 5) is 2.27. The summed E-state index contributed by atoms with van der Waals surface area (Å²) >= 11 is 0. The van der Waals surface area contributed by atoms with E-state index < -0.39 is 0 Å². The van der Waals surface area contributed by atoms with Crippen LogP contribution in [0.2, 0.25) is 0 Å². The molecule has 0 aliphatic rings. The zero-order valence-electron chi connectivity index (χ0n) is 13.3. The van der Waals surface area contributed by atoms with Gasteiger partial charge in [-0.3, -0.25) is 0 Å². The summed E-state index contributed by atoms with van der Waals surface area (Å²) < 4.78 is 5.12. The van der Waals surface area contributed by atoms with Crippen LogP contribution in [0.5, 0.6) is 11.5 Å². The number of benzene rings is 1. The third-order valence-corrected chi connectivity index (χ3v) is 3.43. The zero-order valence-corrected chi connectivity index (χ0v) is 13.3. The fourth-order valence-corrected chi connectivity index (χ4v) is 2.24. The molecule has 0 fully saturated rings. The van der Waals surface area contributed by atoms with Crippen LogP contribution in [0.15, 0.2) is 18.2 Å². The van der Waals surface area contributed by atoms with Crippen LogP contribution in [-0.4, -0.2) is 43.8 Å². The maximum atomic E-state index is 9.57. The van der Waals surface area contributed by atoms with Gasteiger partial charge >= 0.3 is 0 Å². The van der Waals surface area contributed by atoms with Crippen LogP contribution in [0.25, 0.3) is 0 Å². The molecular formula is C16H28N2O2. The molecule has 0 aromatic heterocycles. The first-order chi connectivity index (χ1) is 9.43. The van der Waals surface area contributed by atoms with Crippen LogP contribution in [0.4, 0.5) is 0 Å². The normalized spacial score (nSPS) is 12.9. The van der Waals surface area contributed by atoms with Gasteiger partial charge in [0, 0.05) is 19.1 Å². The minimum atomic E-state index is 0.183. The number of phenols is 1. The number of ether oxygens (including phenoxy) is 1. The molecule has 1 aromatic rings. The number of aromatic hydroxyl groups is 1. The Labute approximate surface area is 122 Å². The number of nitrogens with one attached hydrogen (secondary N) is 1. The summed E-state index contributed by atoms with van der Waals surface area (Å²) in [6.45, 7) is 6.23. The number of hydrogen-bond acceptors (Lipinski definition) is 4. The van der Waals surface area contributed by atoms with E-state index in [1.165, 1.54) is 6.42 Å². The average molecular weight is 280 g/mol. The first-order valence-electron chi connectivity index (χ1n) is 7.17. The summed E-state index contributed by atoms with van der Waals surface area (Å²) in [5, 5.41) is 13.0. The summed E-state index contributed by atoms with van der Waals surface area (Å²) in [5.74, 6) is 1.40. The van der Waals surface area contributed by atoms with Crippen molar-refractivity contribution >= 4 is 0 Å². The average Bonchev–Trinajstić information content (AvgIpc) is 2.38. The Morgan fingerprint density at radius 3 is 2.55 bits per heavy atom. The van der Waals surface area contributed by atoms with Gasteiger partial charge < -0.3 is 20.1 Å². The molecule has 0 amide bonds. The number of phenolic OH excluding ortho intramolecular Hbond substituents is 1. The van der Waals surface area contributed by atoms with E-state index in [0.29, 0.717) is 17.7 Å². The Bertz CT molecular complexity index is 405. The van der Waals surface area contributed by atoms with Gasteiger partial charge in [0.15, 0.2) is 11.5 Å². The van der Waals surface area contributed by atoms with E-state index >= 15 is 0 Å². The summed E-state index contributed by atoms with van der Waals surface area (Å²) in [5.41, 5.74) is 1.11. The van der Waals surface area contributed by atoms with E-state index in [1.54, 1.807) is 13.2 Å². The van der Waals surface area contributed by atoms with Gasteiger partial charge in [-0.1, -0.05) is 19.9 Å². The van der Waals surface area contributed by atoms with Gasteiger partial charge in [0.25, 0.3) is 0 Å². The molecule has 1 aromatic carbocycles. The highest BCUT2D eigenvalue weighted by molar-refractivity contribution is 5.41. The van der Waals surface area contributed by atoms with Crippen molar-refractivity contribution in [3.05, 3.63) is 23.8 Å². The summed E-state index contributed by atoms with van der Waals surface area (Å²) in [7, 11) is 5.81.